The highest BCUT2D eigenvalue weighted by Crippen LogP contribution is 2.29. The fraction of sp³-hybridized carbons (Fsp3) is 0.727. The number of carbonyl (C=O) groups is 1. The number of hydrogen-bond donors (Lipinski definition) is 1. The maximum Gasteiger partial charge on any atom is 0.425 e. The first-order chi connectivity index (χ1) is 16.3. The van der Waals surface area contributed by atoms with Gasteiger partial charge >= 0.3 is 17.3 Å². The van der Waals surface area contributed by atoms with E-state index in [1.807, 2.05) is 0 Å². The summed E-state index contributed by atoms with van der Waals surface area (Å²) in [5.74, 6) is 0.406. The lowest BCUT2D eigenvalue weighted by molar-refractivity contribution is -0.936. The summed E-state index contributed by atoms with van der Waals surface area (Å²) in [7, 11) is -3.58. The number of nitrogens with zero attached hydrogens (tertiary/aromatic N) is 2. The van der Waals surface area contributed by atoms with Crippen LogP contribution in [-0.2, 0) is 19.3 Å². The van der Waals surface area contributed by atoms with Crippen molar-refractivity contribution in [2.24, 2.45) is 0 Å². The Bertz CT molecular complexity index is 1000. The first kappa shape index (κ1) is 27.3. The molecule has 1 aromatic heterocycles. The average molecular weight is 526 g/mol. The lowest BCUT2D eigenvalue weighted by Gasteiger charge is -2.36. The van der Waals surface area contributed by atoms with Crippen LogP contribution < -0.4 is 9.47 Å². The summed E-state index contributed by atoms with van der Waals surface area (Å²) in [6, 6.07) is 2.84. The minimum atomic E-state index is -4.59. The van der Waals surface area contributed by atoms with Crippen molar-refractivity contribution in [2.75, 3.05) is 19.3 Å². The molecule has 0 spiro atoms. The summed E-state index contributed by atoms with van der Waals surface area (Å²) in [5, 5.41) is 9.94. The standard InChI is InChI=1S/C22H32F3N2O7S/c1-14-19(8-9-20(27(14)29)35(3,30)31)34-17-6-4-16(5-7-17)33-18-10-12-26(13-11-18)21(28)32-15(2)22(23,24)25/h8-9,15-18,29H,4-7,10-13H2,1-3H3/q+1/t15-,16?,17?/m1/s1. The number of ether oxygens (including phenoxy) is 3. The van der Waals surface area contributed by atoms with Crippen LogP contribution in [0.15, 0.2) is 17.2 Å². The molecule has 2 fully saturated rings. The second kappa shape index (κ2) is 10.8. The molecule has 1 aliphatic heterocycles. The van der Waals surface area contributed by atoms with Crippen molar-refractivity contribution < 1.29 is 50.5 Å². The first-order valence-corrected chi connectivity index (χ1v) is 13.4. The summed E-state index contributed by atoms with van der Waals surface area (Å²) >= 11 is 0. The van der Waals surface area contributed by atoms with Gasteiger partial charge in [0.05, 0.1) is 18.3 Å². The molecule has 1 saturated heterocycles. The fourth-order valence-corrected chi connectivity index (χ4v) is 4.98. The molecule has 1 aromatic rings. The molecule has 1 amide bonds. The van der Waals surface area contributed by atoms with Gasteiger partial charge in [-0.1, -0.05) is 0 Å². The largest absolute Gasteiger partial charge is 0.484 e. The molecule has 0 unspecified atom stereocenters. The van der Waals surface area contributed by atoms with Gasteiger partial charge in [0, 0.05) is 37.1 Å². The second-order valence-electron chi connectivity index (χ2n) is 9.11. The predicted molar refractivity (Wildman–Crippen MR) is 116 cm³/mol. The molecule has 2 heterocycles. The third-order valence-corrected chi connectivity index (χ3v) is 7.45. The third kappa shape index (κ3) is 7.12. The second-order valence-corrected chi connectivity index (χ2v) is 11.1. The maximum absolute atomic E-state index is 12.6. The quantitative estimate of drug-likeness (QED) is 0.449. The van der Waals surface area contributed by atoms with Gasteiger partial charge in [-0.25, -0.2) is 13.2 Å². The SMILES string of the molecule is Cc1c(OC2CCC(OC3CCN(C(=O)O[C@H](C)C(F)(F)F)CC3)CC2)ccc(S(C)(=O)=O)[n+]1O. The van der Waals surface area contributed by atoms with Crippen LogP contribution in [-0.4, -0.2) is 74.6 Å². The highest BCUT2D eigenvalue weighted by molar-refractivity contribution is 7.90. The van der Waals surface area contributed by atoms with Crippen molar-refractivity contribution in [2.45, 2.75) is 88.0 Å². The van der Waals surface area contributed by atoms with E-state index in [0.717, 1.165) is 26.0 Å². The molecular formula is C22H32F3N2O7S+. The van der Waals surface area contributed by atoms with E-state index < -0.39 is 28.2 Å². The highest BCUT2D eigenvalue weighted by atomic mass is 32.2. The van der Waals surface area contributed by atoms with Gasteiger partial charge in [0.1, 0.15) is 0 Å². The Balaban J connectivity index is 1.42. The number of likely N-dealkylation sites (tertiary alicyclic amines) is 1. The van der Waals surface area contributed by atoms with Crippen LogP contribution in [0.25, 0.3) is 0 Å². The van der Waals surface area contributed by atoms with Gasteiger partial charge in [0.25, 0.3) is 5.69 Å². The molecule has 0 aromatic carbocycles. The van der Waals surface area contributed by atoms with Gasteiger partial charge in [0.15, 0.2) is 11.9 Å². The number of sulfone groups is 1. The van der Waals surface area contributed by atoms with E-state index in [0.29, 0.717) is 41.9 Å². The van der Waals surface area contributed by atoms with Crippen LogP contribution >= 0.6 is 0 Å². The predicted octanol–water partition coefficient (Wildman–Crippen LogP) is 3.18. The molecule has 35 heavy (non-hydrogen) atoms. The maximum atomic E-state index is 12.6. The van der Waals surface area contributed by atoms with Crippen molar-refractivity contribution in [1.82, 2.24) is 4.90 Å². The molecule has 2 aliphatic rings. The molecule has 1 atom stereocenters. The molecule has 1 aliphatic carbocycles. The Hall–Kier alpha value is -2.28. The van der Waals surface area contributed by atoms with Crippen LogP contribution in [0.3, 0.4) is 0 Å². The van der Waals surface area contributed by atoms with Gasteiger partial charge < -0.3 is 19.1 Å². The van der Waals surface area contributed by atoms with Gasteiger partial charge in [-0.3, -0.25) is 5.21 Å². The molecule has 1 N–H and O–H groups in total. The molecule has 0 radical (unpaired) electrons. The molecule has 3 rings (SSSR count). The average Bonchev–Trinajstić information content (AvgIpc) is 2.77. The number of hydrogen-bond acceptors (Lipinski definition) is 7. The van der Waals surface area contributed by atoms with Crippen molar-refractivity contribution in [3.8, 4) is 5.75 Å². The van der Waals surface area contributed by atoms with Crippen molar-refractivity contribution >= 4 is 15.9 Å². The lowest BCUT2D eigenvalue weighted by Crippen LogP contribution is -2.44. The minimum absolute atomic E-state index is 0.0140. The fourth-order valence-electron chi connectivity index (χ4n) is 4.22. The van der Waals surface area contributed by atoms with E-state index in [2.05, 4.69) is 4.74 Å². The molecule has 9 nitrogen and oxygen atoms in total. The van der Waals surface area contributed by atoms with E-state index >= 15 is 0 Å². The molecule has 198 valence electrons. The van der Waals surface area contributed by atoms with Gasteiger partial charge in [0.2, 0.25) is 9.84 Å². The zero-order chi connectivity index (χ0) is 26.0. The van der Waals surface area contributed by atoms with Crippen molar-refractivity contribution in [1.29, 1.82) is 0 Å². The first-order valence-electron chi connectivity index (χ1n) is 11.5. The number of alkyl halides is 3. The summed E-state index contributed by atoms with van der Waals surface area (Å²) < 4.78 is 78.5. The normalized spacial score (nSPS) is 23.1. The molecule has 1 saturated carbocycles. The third-order valence-electron chi connectivity index (χ3n) is 6.38. The number of piperidine rings is 1. The number of carbonyl (C=O) groups excluding carboxylic acids is 1. The molecule has 13 heteroatoms. The minimum Gasteiger partial charge on any atom is -0.484 e. The van der Waals surface area contributed by atoms with Crippen LogP contribution in [0.1, 0.15) is 51.1 Å². The van der Waals surface area contributed by atoms with E-state index in [4.69, 9.17) is 9.47 Å². The van der Waals surface area contributed by atoms with E-state index in [1.165, 1.54) is 17.0 Å². The summed E-state index contributed by atoms with van der Waals surface area (Å²) in [4.78, 5) is 13.2. The van der Waals surface area contributed by atoms with Gasteiger partial charge in [-0.2, -0.15) is 13.2 Å². The topological polar surface area (TPSA) is 106 Å². The number of rotatable bonds is 6. The van der Waals surface area contributed by atoms with Crippen LogP contribution in [0.2, 0.25) is 0 Å². The van der Waals surface area contributed by atoms with Gasteiger partial charge in [-0.05, 0) is 51.5 Å². The van der Waals surface area contributed by atoms with E-state index in [-0.39, 0.29) is 36.4 Å². The van der Waals surface area contributed by atoms with E-state index in [9.17, 15) is 31.6 Å². The number of aromatic nitrogens is 1. The highest BCUT2D eigenvalue weighted by Gasteiger charge is 2.40. The van der Waals surface area contributed by atoms with Crippen LogP contribution in [0, 0.1) is 6.92 Å². The van der Waals surface area contributed by atoms with Crippen molar-refractivity contribution in [3.05, 3.63) is 17.8 Å². The zero-order valence-corrected chi connectivity index (χ0v) is 20.8. The number of halogens is 3. The number of pyridine rings is 1. The molecule has 0 bridgehead atoms. The van der Waals surface area contributed by atoms with Gasteiger partial charge in [-0.15, -0.1) is 0 Å². The Kier molecular flexibility index (Phi) is 8.40. The Labute approximate surface area is 202 Å². The summed E-state index contributed by atoms with van der Waals surface area (Å²) in [6.07, 6.45) is -2.90. The smallest absolute Gasteiger partial charge is 0.425 e. The van der Waals surface area contributed by atoms with Crippen molar-refractivity contribution in [3.63, 3.8) is 0 Å². The lowest BCUT2D eigenvalue weighted by atomic mass is 9.94. The monoisotopic (exact) mass is 525 g/mol. The summed E-state index contributed by atoms with van der Waals surface area (Å²) in [5.41, 5.74) is 0.293. The summed E-state index contributed by atoms with van der Waals surface area (Å²) in [6.45, 7) is 2.93. The van der Waals surface area contributed by atoms with E-state index in [1.54, 1.807) is 6.92 Å². The number of amides is 1. The van der Waals surface area contributed by atoms with Crippen LogP contribution in [0.4, 0.5) is 18.0 Å². The van der Waals surface area contributed by atoms with Crippen LogP contribution in [0.5, 0.6) is 5.75 Å². The Morgan fingerprint density at radius 1 is 1.09 bits per heavy atom. The molecular weight excluding hydrogens is 493 g/mol. The Morgan fingerprint density at radius 2 is 1.63 bits per heavy atom. The zero-order valence-electron chi connectivity index (χ0n) is 20.0. The Morgan fingerprint density at radius 3 is 2.17 bits per heavy atom.